The van der Waals surface area contributed by atoms with Crippen molar-refractivity contribution in [2.45, 2.75) is 39.3 Å². The van der Waals surface area contributed by atoms with Gasteiger partial charge in [-0.05, 0) is 36.5 Å². The fraction of sp³-hybridized carbons (Fsp3) is 0.533. The third-order valence-corrected chi connectivity index (χ3v) is 3.41. The van der Waals surface area contributed by atoms with Crippen LogP contribution in [0.3, 0.4) is 0 Å². The van der Waals surface area contributed by atoms with E-state index < -0.39 is 0 Å². The highest BCUT2D eigenvalue weighted by atomic mass is 16.2. The molecule has 2 rings (SSSR count). The lowest BCUT2D eigenvalue weighted by Gasteiger charge is -2.08. The molecule has 0 bridgehead atoms. The monoisotopic (exact) mass is 261 g/mol. The Kier molecular flexibility index (Phi) is 4.66. The van der Waals surface area contributed by atoms with Gasteiger partial charge in [0.1, 0.15) is 0 Å². The van der Waals surface area contributed by atoms with E-state index in [0.717, 1.165) is 30.6 Å². The predicted octanol–water partition coefficient (Wildman–Crippen LogP) is 2.72. The Morgan fingerprint density at radius 3 is 2.58 bits per heavy atom. The molecule has 1 aromatic carbocycles. The van der Waals surface area contributed by atoms with Crippen molar-refractivity contribution in [1.29, 1.82) is 0 Å². The van der Waals surface area contributed by atoms with E-state index in [0.29, 0.717) is 18.5 Å². The lowest BCUT2D eigenvalue weighted by Crippen LogP contribution is -2.36. The highest BCUT2D eigenvalue weighted by molar-refractivity contribution is 5.74. The largest absolute Gasteiger partial charge is 0.385 e. The first-order chi connectivity index (χ1) is 9.19. The minimum absolute atomic E-state index is 0.0671. The number of carbonyl (C=O) groups excluding carboxylic acids is 1. The normalized spacial score (nSPS) is 20.7. The van der Waals surface area contributed by atoms with Crippen LogP contribution in [0.5, 0.6) is 0 Å². The van der Waals surface area contributed by atoms with Crippen LogP contribution in [0.4, 0.5) is 10.5 Å². The molecule has 2 atom stereocenters. The van der Waals surface area contributed by atoms with Gasteiger partial charge in [-0.25, -0.2) is 4.79 Å². The van der Waals surface area contributed by atoms with E-state index in [9.17, 15) is 4.79 Å². The predicted molar refractivity (Wildman–Crippen MR) is 78.2 cm³/mol. The third kappa shape index (κ3) is 4.47. The molecule has 0 spiro atoms. The van der Waals surface area contributed by atoms with Gasteiger partial charge in [-0.2, -0.15) is 0 Å². The first-order valence-electron chi connectivity index (χ1n) is 7.06. The molecule has 0 aliphatic heterocycles. The van der Waals surface area contributed by atoms with E-state index in [1.165, 1.54) is 0 Å². The topological polar surface area (TPSA) is 53.2 Å². The molecule has 1 aliphatic carbocycles. The van der Waals surface area contributed by atoms with Crippen LogP contribution in [0, 0.1) is 5.92 Å². The summed E-state index contributed by atoms with van der Waals surface area (Å²) in [6.07, 6.45) is 2.22. The summed E-state index contributed by atoms with van der Waals surface area (Å²) in [6, 6.07) is 8.49. The van der Waals surface area contributed by atoms with E-state index in [-0.39, 0.29) is 6.03 Å². The van der Waals surface area contributed by atoms with Gasteiger partial charge < -0.3 is 16.0 Å². The first-order valence-corrected chi connectivity index (χ1v) is 7.06. The maximum absolute atomic E-state index is 11.6. The van der Waals surface area contributed by atoms with E-state index in [1.807, 2.05) is 24.3 Å². The van der Waals surface area contributed by atoms with Gasteiger partial charge in [-0.15, -0.1) is 0 Å². The van der Waals surface area contributed by atoms with Crippen LogP contribution in [0.2, 0.25) is 0 Å². The first kappa shape index (κ1) is 13.7. The standard InChI is InChI=1S/C15H23N3O/c1-3-8-16-13-6-4-12(5-7-13)10-17-15(19)18-14-9-11(14)2/h4-7,11,14,16H,3,8-10H2,1-2H3,(H2,17,18,19)/t11-,14+/m1/s1. The second-order valence-electron chi connectivity index (χ2n) is 5.27. The third-order valence-electron chi connectivity index (χ3n) is 3.41. The number of nitrogens with one attached hydrogen (secondary N) is 3. The molecule has 0 unspecified atom stereocenters. The highest BCUT2D eigenvalue weighted by Crippen LogP contribution is 2.28. The molecule has 2 amide bonds. The van der Waals surface area contributed by atoms with Gasteiger partial charge >= 0.3 is 6.03 Å². The van der Waals surface area contributed by atoms with Gasteiger partial charge in [0.05, 0.1) is 0 Å². The van der Waals surface area contributed by atoms with E-state index in [4.69, 9.17) is 0 Å². The lowest BCUT2D eigenvalue weighted by atomic mass is 10.2. The fourth-order valence-electron chi connectivity index (χ4n) is 1.93. The second kappa shape index (κ2) is 6.45. The van der Waals surface area contributed by atoms with E-state index in [1.54, 1.807) is 0 Å². The van der Waals surface area contributed by atoms with Crippen LogP contribution in [0.25, 0.3) is 0 Å². The number of anilines is 1. The summed E-state index contributed by atoms with van der Waals surface area (Å²) >= 11 is 0. The van der Waals surface area contributed by atoms with E-state index in [2.05, 4.69) is 29.8 Å². The maximum Gasteiger partial charge on any atom is 0.315 e. The number of urea groups is 1. The van der Waals surface area contributed by atoms with Crippen LogP contribution in [-0.4, -0.2) is 18.6 Å². The maximum atomic E-state index is 11.6. The van der Waals surface area contributed by atoms with Crippen LogP contribution in [0.15, 0.2) is 24.3 Å². The molecule has 0 heterocycles. The molecule has 0 saturated heterocycles. The number of amides is 2. The minimum Gasteiger partial charge on any atom is -0.385 e. The summed E-state index contributed by atoms with van der Waals surface area (Å²) in [5, 5.41) is 9.16. The number of carbonyl (C=O) groups is 1. The zero-order chi connectivity index (χ0) is 13.7. The van der Waals surface area contributed by atoms with Gasteiger partial charge in [-0.1, -0.05) is 26.0 Å². The molecule has 104 valence electrons. The summed E-state index contributed by atoms with van der Waals surface area (Å²) in [5.74, 6) is 0.634. The number of benzene rings is 1. The minimum atomic E-state index is -0.0671. The molecule has 1 saturated carbocycles. The molecule has 0 aromatic heterocycles. The van der Waals surface area contributed by atoms with Crippen LogP contribution in [-0.2, 0) is 6.54 Å². The highest BCUT2D eigenvalue weighted by Gasteiger charge is 2.33. The van der Waals surface area contributed by atoms with Crippen molar-refractivity contribution in [2.75, 3.05) is 11.9 Å². The summed E-state index contributed by atoms with van der Waals surface area (Å²) in [5.41, 5.74) is 2.24. The molecule has 19 heavy (non-hydrogen) atoms. The van der Waals surface area contributed by atoms with Crippen LogP contribution in [0.1, 0.15) is 32.3 Å². The Labute approximate surface area is 115 Å². The number of hydrogen-bond donors (Lipinski definition) is 3. The Morgan fingerprint density at radius 2 is 2.00 bits per heavy atom. The molecule has 1 fully saturated rings. The fourth-order valence-corrected chi connectivity index (χ4v) is 1.93. The van der Waals surface area contributed by atoms with Crippen molar-refractivity contribution >= 4 is 11.7 Å². The van der Waals surface area contributed by atoms with Gasteiger partial charge in [0, 0.05) is 24.8 Å². The van der Waals surface area contributed by atoms with Crippen LogP contribution < -0.4 is 16.0 Å². The summed E-state index contributed by atoms with van der Waals surface area (Å²) in [7, 11) is 0. The SMILES string of the molecule is CCCNc1ccc(CNC(=O)N[C@H]2C[C@H]2C)cc1. The second-order valence-corrected chi connectivity index (χ2v) is 5.27. The molecular weight excluding hydrogens is 238 g/mol. The van der Waals surface area contributed by atoms with Gasteiger partial charge in [0.15, 0.2) is 0 Å². The average molecular weight is 261 g/mol. The lowest BCUT2D eigenvalue weighted by molar-refractivity contribution is 0.239. The Balaban J connectivity index is 1.71. The van der Waals surface area contributed by atoms with Crippen molar-refractivity contribution in [3.8, 4) is 0 Å². The van der Waals surface area contributed by atoms with Crippen molar-refractivity contribution < 1.29 is 4.79 Å². The molecular formula is C15H23N3O. The Morgan fingerprint density at radius 1 is 1.32 bits per heavy atom. The molecule has 4 heteroatoms. The molecule has 3 N–H and O–H groups in total. The Bertz CT molecular complexity index is 416. The molecule has 4 nitrogen and oxygen atoms in total. The number of hydrogen-bond acceptors (Lipinski definition) is 2. The quantitative estimate of drug-likeness (QED) is 0.737. The van der Waals surface area contributed by atoms with Gasteiger partial charge in [0.2, 0.25) is 0 Å². The smallest absolute Gasteiger partial charge is 0.315 e. The summed E-state index contributed by atoms with van der Waals surface area (Å²) < 4.78 is 0. The summed E-state index contributed by atoms with van der Waals surface area (Å²) in [4.78, 5) is 11.6. The molecule has 1 aliphatic rings. The number of rotatable bonds is 6. The van der Waals surface area contributed by atoms with Gasteiger partial charge in [0.25, 0.3) is 0 Å². The van der Waals surface area contributed by atoms with Crippen molar-refractivity contribution in [3.05, 3.63) is 29.8 Å². The Hall–Kier alpha value is -1.71. The average Bonchev–Trinajstić information content (AvgIpc) is 3.10. The van der Waals surface area contributed by atoms with Crippen molar-refractivity contribution in [2.24, 2.45) is 5.92 Å². The molecule has 0 radical (unpaired) electrons. The zero-order valence-electron chi connectivity index (χ0n) is 11.7. The van der Waals surface area contributed by atoms with Crippen molar-refractivity contribution in [1.82, 2.24) is 10.6 Å². The zero-order valence-corrected chi connectivity index (χ0v) is 11.7. The summed E-state index contributed by atoms with van der Waals surface area (Å²) in [6.45, 7) is 5.85. The van der Waals surface area contributed by atoms with Crippen molar-refractivity contribution in [3.63, 3.8) is 0 Å². The van der Waals surface area contributed by atoms with Gasteiger partial charge in [-0.3, -0.25) is 0 Å². The molecule has 1 aromatic rings. The van der Waals surface area contributed by atoms with Crippen LogP contribution >= 0.6 is 0 Å². The van der Waals surface area contributed by atoms with E-state index >= 15 is 0 Å².